The van der Waals surface area contributed by atoms with Crippen LogP contribution in [0.15, 0.2) is 60.7 Å². The van der Waals surface area contributed by atoms with Gasteiger partial charge in [0.1, 0.15) is 0 Å². The molecule has 2 N–H and O–H groups in total. The maximum absolute atomic E-state index is 6.41. The van der Waals surface area contributed by atoms with Gasteiger partial charge in [0.15, 0.2) is 0 Å². The van der Waals surface area contributed by atoms with E-state index < -0.39 is 0 Å². The Morgan fingerprint density at radius 3 is 2.38 bits per heavy atom. The van der Waals surface area contributed by atoms with E-state index in [1.54, 1.807) is 0 Å². The predicted molar refractivity (Wildman–Crippen MR) is 91.0 cm³/mol. The van der Waals surface area contributed by atoms with Crippen LogP contribution in [0.5, 0.6) is 0 Å². The third kappa shape index (κ3) is 3.06. The molecule has 0 fully saturated rings. The van der Waals surface area contributed by atoms with Gasteiger partial charge in [-0.15, -0.1) is 0 Å². The van der Waals surface area contributed by atoms with Gasteiger partial charge < -0.3 is 5.73 Å². The maximum Gasteiger partial charge on any atom is 0.0484 e. The molecule has 0 aliphatic rings. The molecule has 106 valence electrons. The highest BCUT2D eigenvalue weighted by molar-refractivity contribution is 6.35. The highest BCUT2D eigenvalue weighted by Gasteiger charge is 2.12. The molecule has 0 saturated carbocycles. The van der Waals surface area contributed by atoms with Gasteiger partial charge in [0.05, 0.1) is 0 Å². The highest BCUT2D eigenvalue weighted by Crippen LogP contribution is 2.30. The van der Waals surface area contributed by atoms with Crippen molar-refractivity contribution in [2.75, 3.05) is 0 Å². The molecule has 1 unspecified atom stereocenters. The molecule has 0 aliphatic carbocycles. The smallest absolute Gasteiger partial charge is 0.0484 e. The monoisotopic (exact) mass is 315 g/mol. The van der Waals surface area contributed by atoms with Crippen LogP contribution in [-0.4, -0.2) is 0 Å². The highest BCUT2D eigenvalue weighted by atomic mass is 35.5. The molecule has 0 heterocycles. The summed E-state index contributed by atoms with van der Waals surface area (Å²) in [5.41, 5.74) is 8.65. The van der Waals surface area contributed by atoms with E-state index in [1.807, 2.05) is 54.6 Å². The van der Waals surface area contributed by atoms with Crippen molar-refractivity contribution in [3.63, 3.8) is 0 Å². The van der Waals surface area contributed by atoms with Crippen LogP contribution in [0.2, 0.25) is 10.0 Å². The molecule has 3 aromatic rings. The first-order valence-corrected chi connectivity index (χ1v) is 7.58. The first-order chi connectivity index (χ1) is 10.1. The van der Waals surface area contributed by atoms with Crippen LogP contribution in [0, 0.1) is 0 Å². The van der Waals surface area contributed by atoms with Crippen molar-refractivity contribution in [3.05, 3.63) is 81.8 Å². The quantitative estimate of drug-likeness (QED) is 0.689. The lowest BCUT2D eigenvalue weighted by Crippen LogP contribution is -2.13. The van der Waals surface area contributed by atoms with E-state index in [9.17, 15) is 0 Å². The Kier molecular flexibility index (Phi) is 4.16. The van der Waals surface area contributed by atoms with Gasteiger partial charge in [-0.2, -0.15) is 0 Å². The van der Waals surface area contributed by atoms with Crippen LogP contribution in [0.4, 0.5) is 0 Å². The van der Waals surface area contributed by atoms with Crippen molar-refractivity contribution in [1.29, 1.82) is 0 Å². The SMILES string of the molecule is NC(Cc1cccc(Cl)c1)c1ccc(Cl)c2ccccc12. The number of hydrogen-bond donors (Lipinski definition) is 1. The Morgan fingerprint density at radius 2 is 1.62 bits per heavy atom. The molecular formula is C18H15Cl2N. The first-order valence-electron chi connectivity index (χ1n) is 6.82. The summed E-state index contributed by atoms with van der Waals surface area (Å²) in [4.78, 5) is 0. The van der Waals surface area contributed by atoms with Crippen LogP contribution in [0.3, 0.4) is 0 Å². The zero-order valence-corrected chi connectivity index (χ0v) is 12.9. The molecule has 1 nitrogen and oxygen atoms in total. The maximum atomic E-state index is 6.41. The summed E-state index contributed by atoms with van der Waals surface area (Å²) < 4.78 is 0. The summed E-state index contributed by atoms with van der Waals surface area (Å²) in [7, 11) is 0. The Morgan fingerprint density at radius 1 is 0.857 bits per heavy atom. The number of fused-ring (bicyclic) bond motifs is 1. The minimum Gasteiger partial charge on any atom is -0.324 e. The molecule has 1 atom stereocenters. The Bertz CT molecular complexity index is 783. The molecule has 0 radical (unpaired) electrons. The summed E-state index contributed by atoms with van der Waals surface area (Å²) in [5.74, 6) is 0. The lowest BCUT2D eigenvalue weighted by molar-refractivity contribution is 0.728. The normalized spacial score (nSPS) is 12.5. The fourth-order valence-corrected chi connectivity index (χ4v) is 3.08. The second-order valence-corrected chi connectivity index (χ2v) is 5.97. The number of halogens is 2. The molecule has 0 saturated heterocycles. The number of nitrogens with two attached hydrogens (primary N) is 1. The lowest BCUT2D eigenvalue weighted by Gasteiger charge is -2.16. The van der Waals surface area contributed by atoms with E-state index in [2.05, 4.69) is 6.07 Å². The molecule has 21 heavy (non-hydrogen) atoms. The van der Waals surface area contributed by atoms with Gasteiger partial charge in [-0.05, 0) is 41.1 Å². The van der Waals surface area contributed by atoms with Crippen LogP contribution < -0.4 is 5.73 Å². The largest absolute Gasteiger partial charge is 0.324 e. The molecule has 3 heteroatoms. The van der Waals surface area contributed by atoms with Gasteiger partial charge in [-0.1, -0.05) is 65.7 Å². The minimum absolute atomic E-state index is 0.0920. The van der Waals surface area contributed by atoms with E-state index >= 15 is 0 Å². The average Bonchev–Trinajstić information content (AvgIpc) is 2.48. The van der Waals surface area contributed by atoms with E-state index in [1.165, 1.54) is 0 Å². The molecular weight excluding hydrogens is 301 g/mol. The third-order valence-corrected chi connectivity index (χ3v) is 4.21. The zero-order valence-electron chi connectivity index (χ0n) is 11.4. The van der Waals surface area contributed by atoms with Crippen LogP contribution >= 0.6 is 23.2 Å². The standard InChI is InChI=1S/C18H15Cl2N/c19-13-5-3-4-12(10-13)11-18(21)16-8-9-17(20)15-7-2-1-6-14(15)16/h1-10,18H,11,21H2. The molecule has 0 amide bonds. The fourth-order valence-electron chi connectivity index (χ4n) is 2.64. The van der Waals surface area contributed by atoms with Crippen molar-refractivity contribution in [2.24, 2.45) is 5.73 Å². The van der Waals surface area contributed by atoms with Crippen LogP contribution in [0.25, 0.3) is 10.8 Å². The summed E-state index contributed by atoms with van der Waals surface area (Å²) in [6.45, 7) is 0. The van der Waals surface area contributed by atoms with Gasteiger partial charge in [-0.25, -0.2) is 0 Å². The summed E-state index contributed by atoms with van der Waals surface area (Å²) in [6, 6.07) is 19.7. The number of benzene rings is 3. The van der Waals surface area contributed by atoms with Crippen LogP contribution in [0.1, 0.15) is 17.2 Å². The van der Waals surface area contributed by atoms with Gasteiger partial charge in [-0.3, -0.25) is 0 Å². The van der Waals surface area contributed by atoms with Crippen molar-refractivity contribution in [1.82, 2.24) is 0 Å². The lowest BCUT2D eigenvalue weighted by atomic mass is 9.95. The topological polar surface area (TPSA) is 26.0 Å². The predicted octanol–water partition coefficient (Wildman–Crippen LogP) is 5.39. The first kappa shape index (κ1) is 14.4. The number of rotatable bonds is 3. The van der Waals surface area contributed by atoms with E-state index in [0.29, 0.717) is 0 Å². The van der Waals surface area contributed by atoms with E-state index in [0.717, 1.165) is 38.4 Å². The van der Waals surface area contributed by atoms with Gasteiger partial charge in [0.25, 0.3) is 0 Å². The van der Waals surface area contributed by atoms with Crippen molar-refractivity contribution in [2.45, 2.75) is 12.5 Å². The Balaban J connectivity index is 1.98. The third-order valence-electron chi connectivity index (χ3n) is 3.65. The molecule has 3 aromatic carbocycles. The molecule has 0 aliphatic heterocycles. The van der Waals surface area contributed by atoms with Gasteiger partial charge in [0.2, 0.25) is 0 Å². The minimum atomic E-state index is -0.0920. The van der Waals surface area contributed by atoms with Gasteiger partial charge in [0, 0.05) is 21.5 Å². The average molecular weight is 316 g/mol. The van der Waals surface area contributed by atoms with E-state index in [-0.39, 0.29) is 6.04 Å². The molecule has 0 aromatic heterocycles. The van der Waals surface area contributed by atoms with E-state index in [4.69, 9.17) is 28.9 Å². The van der Waals surface area contributed by atoms with Gasteiger partial charge >= 0.3 is 0 Å². The summed E-state index contributed by atoms with van der Waals surface area (Å²) >= 11 is 12.3. The Labute approximate surface area is 134 Å². The van der Waals surface area contributed by atoms with Crippen molar-refractivity contribution >= 4 is 34.0 Å². The second-order valence-electron chi connectivity index (χ2n) is 5.12. The summed E-state index contributed by atoms with van der Waals surface area (Å²) in [6.07, 6.45) is 0.742. The second kappa shape index (κ2) is 6.07. The number of hydrogen-bond acceptors (Lipinski definition) is 1. The molecule has 3 rings (SSSR count). The molecule has 0 bridgehead atoms. The zero-order chi connectivity index (χ0) is 14.8. The fraction of sp³-hybridized carbons (Fsp3) is 0.111. The molecule has 0 spiro atoms. The summed E-state index contributed by atoms with van der Waals surface area (Å²) in [5, 5.41) is 3.64. The van der Waals surface area contributed by atoms with Crippen LogP contribution in [-0.2, 0) is 6.42 Å². The Hall–Kier alpha value is -1.54. The van der Waals surface area contributed by atoms with Crippen molar-refractivity contribution < 1.29 is 0 Å². The van der Waals surface area contributed by atoms with Crippen molar-refractivity contribution in [3.8, 4) is 0 Å².